The van der Waals surface area contributed by atoms with Crippen molar-refractivity contribution in [3.8, 4) is 0 Å². The van der Waals surface area contributed by atoms with E-state index in [9.17, 15) is 18.8 Å². The van der Waals surface area contributed by atoms with E-state index in [1.165, 1.54) is 29.2 Å². The second kappa shape index (κ2) is 8.68. The van der Waals surface area contributed by atoms with Gasteiger partial charge in [-0.15, -0.1) is 6.58 Å². The Labute approximate surface area is 168 Å². The summed E-state index contributed by atoms with van der Waals surface area (Å²) >= 11 is 0. The molecule has 6 nitrogen and oxygen atoms in total. The molecule has 0 saturated carbocycles. The van der Waals surface area contributed by atoms with E-state index in [-0.39, 0.29) is 18.7 Å². The minimum atomic E-state index is -0.987. The number of halogens is 1. The molecule has 150 valence electrons. The molecular formula is C22H22FN3O3. The Morgan fingerprint density at radius 2 is 1.93 bits per heavy atom. The number of imide groups is 1. The molecule has 0 aliphatic carbocycles. The summed E-state index contributed by atoms with van der Waals surface area (Å²) in [4.78, 5) is 40.4. The number of carbonyl (C=O) groups excluding carboxylic acids is 3. The van der Waals surface area contributed by atoms with Crippen molar-refractivity contribution in [1.29, 1.82) is 0 Å². The van der Waals surface area contributed by atoms with Crippen LogP contribution in [0.3, 0.4) is 0 Å². The van der Waals surface area contributed by atoms with Crippen LogP contribution >= 0.6 is 0 Å². The lowest BCUT2D eigenvalue weighted by atomic mass is 10.1. The monoisotopic (exact) mass is 395 g/mol. The lowest BCUT2D eigenvalue weighted by Crippen LogP contribution is -2.38. The topological polar surface area (TPSA) is 69.7 Å². The maximum absolute atomic E-state index is 13.6. The molecule has 1 atom stereocenters. The molecule has 1 heterocycles. The average molecular weight is 395 g/mol. The van der Waals surface area contributed by atoms with Crippen LogP contribution in [0.25, 0.3) is 0 Å². The largest absolute Gasteiger partial charge is 0.332 e. The smallest absolute Gasteiger partial charge is 0.326 e. The molecule has 0 radical (unpaired) electrons. The third-order valence-corrected chi connectivity index (χ3v) is 4.74. The Kier molecular flexibility index (Phi) is 6.07. The molecule has 3 rings (SSSR count). The number of nitrogens with zero attached hydrogens (tertiary/aromatic N) is 2. The summed E-state index contributed by atoms with van der Waals surface area (Å²) in [7, 11) is 0. The first kappa shape index (κ1) is 20.3. The summed E-state index contributed by atoms with van der Waals surface area (Å²) in [5, 5.41) is 2.75. The molecule has 4 amide bonds. The molecule has 1 N–H and O–H groups in total. The molecule has 0 bridgehead atoms. The standard InChI is InChI=1S/C22H22FN3O3/c1-3-12-25-19(14-20(27)24-17-10-8-15(4-2)9-11-17)21(28)26(22(25)29)18-7-5-6-16(23)13-18/h3,5-11,13,19H,1,4,12,14H2,2H3,(H,24,27)/t19-/m1/s1. The van der Waals surface area contributed by atoms with E-state index in [1.807, 2.05) is 19.1 Å². The van der Waals surface area contributed by atoms with Gasteiger partial charge in [-0.2, -0.15) is 0 Å². The second-order valence-electron chi connectivity index (χ2n) is 6.70. The van der Waals surface area contributed by atoms with Crippen LogP contribution in [0.2, 0.25) is 0 Å². The van der Waals surface area contributed by atoms with Crippen LogP contribution in [0.5, 0.6) is 0 Å². The van der Waals surface area contributed by atoms with Crippen LogP contribution in [0, 0.1) is 5.82 Å². The van der Waals surface area contributed by atoms with Crippen molar-refractivity contribution < 1.29 is 18.8 Å². The predicted molar refractivity (Wildman–Crippen MR) is 109 cm³/mol. The van der Waals surface area contributed by atoms with Gasteiger partial charge in [0.25, 0.3) is 5.91 Å². The van der Waals surface area contributed by atoms with Crippen molar-refractivity contribution in [3.63, 3.8) is 0 Å². The zero-order valence-electron chi connectivity index (χ0n) is 16.1. The van der Waals surface area contributed by atoms with E-state index in [0.717, 1.165) is 23.0 Å². The van der Waals surface area contributed by atoms with Crippen LogP contribution in [0.15, 0.2) is 61.2 Å². The number of rotatable bonds is 7. The minimum absolute atomic E-state index is 0.0968. The SMILES string of the molecule is C=CCN1C(=O)N(c2cccc(F)c2)C(=O)[C@H]1CC(=O)Nc1ccc(CC)cc1. The quantitative estimate of drug-likeness (QED) is 0.574. The Bertz CT molecular complexity index is 943. The summed E-state index contributed by atoms with van der Waals surface area (Å²) in [5.41, 5.74) is 1.89. The normalized spacial score (nSPS) is 16.3. The van der Waals surface area contributed by atoms with Crippen LogP contribution in [-0.4, -0.2) is 35.3 Å². The van der Waals surface area contributed by atoms with Gasteiger partial charge in [0.1, 0.15) is 11.9 Å². The maximum Gasteiger partial charge on any atom is 0.332 e. The lowest BCUT2D eigenvalue weighted by Gasteiger charge is -2.19. The fourth-order valence-corrected chi connectivity index (χ4v) is 3.24. The molecule has 1 aliphatic heterocycles. The number of benzene rings is 2. The first-order valence-electron chi connectivity index (χ1n) is 9.34. The van der Waals surface area contributed by atoms with Crippen LogP contribution in [-0.2, 0) is 16.0 Å². The Morgan fingerprint density at radius 1 is 1.21 bits per heavy atom. The summed E-state index contributed by atoms with van der Waals surface area (Å²) < 4.78 is 13.6. The Balaban J connectivity index is 1.78. The van der Waals surface area contributed by atoms with E-state index in [1.54, 1.807) is 12.1 Å². The van der Waals surface area contributed by atoms with Gasteiger partial charge in [0, 0.05) is 12.2 Å². The fraction of sp³-hybridized carbons (Fsp3) is 0.227. The molecular weight excluding hydrogens is 373 g/mol. The first-order valence-corrected chi connectivity index (χ1v) is 9.34. The molecule has 1 fully saturated rings. The number of aryl methyl sites for hydroxylation is 1. The maximum atomic E-state index is 13.6. The highest BCUT2D eigenvalue weighted by Crippen LogP contribution is 2.27. The third-order valence-electron chi connectivity index (χ3n) is 4.74. The van der Waals surface area contributed by atoms with Crippen molar-refractivity contribution in [2.75, 3.05) is 16.8 Å². The number of hydrogen-bond donors (Lipinski definition) is 1. The average Bonchev–Trinajstić information content (AvgIpc) is 2.93. The van der Waals surface area contributed by atoms with Crippen molar-refractivity contribution in [2.45, 2.75) is 25.8 Å². The zero-order chi connectivity index (χ0) is 21.0. The molecule has 0 aromatic heterocycles. The van der Waals surface area contributed by atoms with Crippen LogP contribution in [0.1, 0.15) is 18.9 Å². The zero-order valence-corrected chi connectivity index (χ0v) is 16.1. The molecule has 2 aromatic carbocycles. The number of urea groups is 1. The second-order valence-corrected chi connectivity index (χ2v) is 6.70. The molecule has 0 spiro atoms. The van der Waals surface area contributed by atoms with Crippen LogP contribution < -0.4 is 10.2 Å². The van der Waals surface area contributed by atoms with E-state index in [2.05, 4.69) is 11.9 Å². The van der Waals surface area contributed by atoms with Crippen molar-refractivity contribution in [2.24, 2.45) is 0 Å². The number of anilines is 2. The first-order chi connectivity index (χ1) is 13.9. The molecule has 1 aliphatic rings. The number of nitrogens with one attached hydrogen (secondary N) is 1. The minimum Gasteiger partial charge on any atom is -0.326 e. The number of hydrogen-bond acceptors (Lipinski definition) is 3. The van der Waals surface area contributed by atoms with Crippen molar-refractivity contribution >= 4 is 29.2 Å². The Hall–Kier alpha value is -3.48. The molecule has 1 saturated heterocycles. The molecule has 7 heteroatoms. The third kappa shape index (κ3) is 4.34. The van der Waals surface area contributed by atoms with Gasteiger partial charge in [-0.1, -0.05) is 31.2 Å². The highest BCUT2D eigenvalue weighted by molar-refractivity contribution is 6.22. The molecule has 0 unspecified atom stereocenters. The van der Waals surface area contributed by atoms with Gasteiger partial charge in [-0.25, -0.2) is 14.1 Å². The van der Waals surface area contributed by atoms with Gasteiger partial charge in [0.05, 0.1) is 12.1 Å². The van der Waals surface area contributed by atoms with E-state index < -0.39 is 29.7 Å². The van der Waals surface area contributed by atoms with Gasteiger partial charge in [0.15, 0.2) is 0 Å². The molecule has 29 heavy (non-hydrogen) atoms. The lowest BCUT2D eigenvalue weighted by molar-refractivity contribution is -0.124. The van der Waals surface area contributed by atoms with Gasteiger partial charge in [0.2, 0.25) is 5.91 Å². The predicted octanol–water partition coefficient (Wildman–Crippen LogP) is 3.74. The molecule has 2 aromatic rings. The van der Waals surface area contributed by atoms with Gasteiger partial charge in [-0.05, 0) is 42.3 Å². The van der Waals surface area contributed by atoms with E-state index in [0.29, 0.717) is 5.69 Å². The van der Waals surface area contributed by atoms with E-state index >= 15 is 0 Å². The van der Waals surface area contributed by atoms with Crippen LogP contribution in [0.4, 0.5) is 20.6 Å². The summed E-state index contributed by atoms with van der Waals surface area (Å²) in [5.74, 6) is -1.52. The summed E-state index contributed by atoms with van der Waals surface area (Å²) in [6.07, 6.45) is 2.16. The highest BCUT2D eigenvalue weighted by Gasteiger charge is 2.46. The summed E-state index contributed by atoms with van der Waals surface area (Å²) in [6, 6.07) is 11.0. The van der Waals surface area contributed by atoms with Gasteiger partial charge >= 0.3 is 6.03 Å². The van der Waals surface area contributed by atoms with Gasteiger partial charge in [-0.3, -0.25) is 9.59 Å². The number of carbonyl (C=O) groups is 3. The highest BCUT2D eigenvalue weighted by atomic mass is 19.1. The summed E-state index contributed by atoms with van der Waals surface area (Å²) in [6.45, 7) is 5.74. The van der Waals surface area contributed by atoms with Gasteiger partial charge < -0.3 is 10.2 Å². The van der Waals surface area contributed by atoms with E-state index in [4.69, 9.17) is 0 Å². The van der Waals surface area contributed by atoms with Crippen molar-refractivity contribution in [3.05, 3.63) is 72.6 Å². The fourth-order valence-electron chi connectivity index (χ4n) is 3.24. The van der Waals surface area contributed by atoms with Crippen molar-refractivity contribution in [1.82, 2.24) is 4.90 Å². The number of amides is 4. The Morgan fingerprint density at radius 3 is 2.55 bits per heavy atom.